The fraction of sp³-hybridized carbons (Fsp3) is 0.650. The van der Waals surface area contributed by atoms with Gasteiger partial charge in [0.05, 0.1) is 6.54 Å². The second-order valence-corrected chi connectivity index (χ2v) is 7.12. The van der Waals surface area contributed by atoms with Crippen molar-refractivity contribution >= 4 is 17.6 Å². The molecule has 1 aliphatic heterocycles. The third-order valence-corrected chi connectivity index (χ3v) is 4.74. The molecule has 1 saturated heterocycles. The van der Waals surface area contributed by atoms with Crippen molar-refractivity contribution in [2.24, 2.45) is 10.9 Å². The minimum atomic E-state index is 0.561. The Hall–Kier alpha value is -1.50. The first-order chi connectivity index (χ1) is 13.2. The van der Waals surface area contributed by atoms with Crippen LogP contribution in [-0.2, 0) is 9.47 Å². The highest BCUT2D eigenvalue weighted by atomic mass is 35.5. The van der Waals surface area contributed by atoms with Gasteiger partial charge in [0.25, 0.3) is 0 Å². The van der Waals surface area contributed by atoms with Crippen LogP contribution in [0, 0.1) is 5.92 Å². The van der Waals surface area contributed by atoms with Crippen LogP contribution in [0.3, 0.4) is 0 Å². The van der Waals surface area contributed by atoms with Gasteiger partial charge in [-0.1, -0.05) is 17.7 Å². The number of benzene rings is 1. The predicted octanol–water partition coefficient (Wildman–Crippen LogP) is 3.06. The molecular formula is C20H32ClN3O3. The van der Waals surface area contributed by atoms with Crippen LogP contribution in [0.5, 0.6) is 5.75 Å². The molecule has 0 unspecified atom stereocenters. The number of aliphatic imine (C=N–C) groups is 1. The molecule has 152 valence electrons. The van der Waals surface area contributed by atoms with E-state index in [1.807, 2.05) is 36.2 Å². The van der Waals surface area contributed by atoms with E-state index in [9.17, 15) is 0 Å². The van der Waals surface area contributed by atoms with Crippen LogP contribution in [0.25, 0.3) is 0 Å². The molecule has 1 heterocycles. The van der Waals surface area contributed by atoms with Crippen LogP contribution in [-0.4, -0.2) is 71.1 Å². The molecule has 1 aromatic rings. The Morgan fingerprint density at radius 1 is 1.33 bits per heavy atom. The second-order valence-electron chi connectivity index (χ2n) is 6.69. The topological polar surface area (TPSA) is 55.3 Å². The summed E-state index contributed by atoms with van der Waals surface area (Å²) in [6.45, 7) is 5.48. The van der Waals surface area contributed by atoms with E-state index < -0.39 is 0 Å². The highest BCUT2D eigenvalue weighted by Gasteiger charge is 2.13. The zero-order valence-corrected chi connectivity index (χ0v) is 17.2. The molecule has 1 N–H and O–H groups in total. The molecule has 27 heavy (non-hydrogen) atoms. The summed E-state index contributed by atoms with van der Waals surface area (Å²) < 4.78 is 16.9. The summed E-state index contributed by atoms with van der Waals surface area (Å²) in [5.74, 6) is 2.29. The molecule has 0 bridgehead atoms. The van der Waals surface area contributed by atoms with E-state index in [1.54, 1.807) is 7.05 Å². The third kappa shape index (κ3) is 8.82. The molecule has 0 amide bonds. The Morgan fingerprint density at radius 2 is 2.15 bits per heavy atom. The number of nitrogens with one attached hydrogen (secondary N) is 1. The Morgan fingerprint density at radius 3 is 2.89 bits per heavy atom. The third-order valence-electron chi connectivity index (χ3n) is 4.51. The van der Waals surface area contributed by atoms with Crippen LogP contribution in [0.2, 0.25) is 5.02 Å². The van der Waals surface area contributed by atoms with Gasteiger partial charge in [-0.25, -0.2) is 0 Å². The van der Waals surface area contributed by atoms with Crippen molar-refractivity contribution in [2.45, 2.75) is 19.3 Å². The van der Waals surface area contributed by atoms with E-state index in [0.717, 1.165) is 70.5 Å². The van der Waals surface area contributed by atoms with Crippen LogP contribution in [0.1, 0.15) is 19.3 Å². The van der Waals surface area contributed by atoms with Gasteiger partial charge in [-0.2, -0.15) is 0 Å². The molecular weight excluding hydrogens is 366 g/mol. The van der Waals surface area contributed by atoms with E-state index >= 15 is 0 Å². The number of nitrogens with zero attached hydrogens (tertiary/aromatic N) is 2. The maximum atomic E-state index is 5.96. The van der Waals surface area contributed by atoms with Crippen LogP contribution < -0.4 is 10.1 Å². The number of hydrogen-bond donors (Lipinski definition) is 1. The Kier molecular flexibility index (Phi) is 10.3. The van der Waals surface area contributed by atoms with Crippen molar-refractivity contribution in [3.8, 4) is 5.75 Å². The summed E-state index contributed by atoms with van der Waals surface area (Å²) in [5.41, 5.74) is 0. The first-order valence-electron chi connectivity index (χ1n) is 9.64. The smallest absolute Gasteiger partial charge is 0.193 e. The predicted molar refractivity (Wildman–Crippen MR) is 110 cm³/mol. The molecule has 0 atom stereocenters. The molecule has 1 fully saturated rings. The van der Waals surface area contributed by atoms with Gasteiger partial charge in [-0.05, 0) is 43.4 Å². The number of rotatable bonds is 10. The minimum Gasteiger partial charge on any atom is -0.492 e. The summed E-state index contributed by atoms with van der Waals surface area (Å²) in [7, 11) is 3.79. The highest BCUT2D eigenvalue weighted by molar-refractivity contribution is 6.30. The van der Waals surface area contributed by atoms with Crippen LogP contribution in [0.4, 0.5) is 0 Å². The molecule has 0 aliphatic carbocycles. The lowest BCUT2D eigenvalue weighted by Crippen LogP contribution is -2.41. The quantitative estimate of drug-likeness (QED) is 0.373. The molecule has 1 aliphatic rings. The average molecular weight is 398 g/mol. The van der Waals surface area contributed by atoms with Gasteiger partial charge in [-0.15, -0.1) is 0 Å². The lowest BCUT2D eigenvalue weighted by atomic mass is 10.0. The zero-order valence-electron chi connectivity index (χ0n) is 16.5. The lowest BCUT2D eigenvalue weighted by Gasteiger charge is -2.23. The van der Waals surface area contributed by atoms with E-state index in [4.69, 9.17) is 25.8 Å². The molecule has 0 aromatic heterocycles. The first-order valence-corrected chi connectivity index (χ1v) is 10.0. The lowest BCUT2D eigenvalue weighted by molar-refractivity contribution is 0.0203. The van der Waals surface area contributed by atoms with Gasteiger partial charge >= 0.3 is 0 Å². The second kappa shape index (κ2) is 12.8. The maximum absolute atomic E-state index is 5.96. The van der Waals surface area contributed by atoms with Crippen molar-refractivity contribution in [2.75, 3.05) is 60.2 Å². The molecule has 2 rings (SSSR count). The van der Waals surface area contributed by atoms with E-state index in [-0.39, 0.29) is 0 Å². The Labute approximate surface area is 167 Å². The van der Waals surface area contributed by atoms with Crippen molar-refractivity contribution in [3.05, 3.63) is 29.3 Å². The van der Waals surface area contributed by atoms with Crippen molar-refractivity contribution in [1.29, 1.82) is 0 Å². The summed E-state index contributed by atoms with van der Waals surface area (Å²) in [4.78, 5) is 6.37. The van der Waals surface area contributed by atoms with Gasteiger partial charge < -0.3 is 24.4 Å². The number of guanidine groups is 1. The van der Waals surface area contributed by atoms with Crippen molar-refractivity contribution in [3.63, 3.8) is 0 Å². The summed E-state index contributed by atoms with van der Waals surface area (Å²) in [6, 6.07) is 7.43. The average Bonchev–Trinajstić information content (AvgIpc) is 2.68. The zero-order chi connectivity index (χ0) is 19.3. The Bertz CT molecular complexity index is 565. The summed E-state index contributed by atoms with van der Waals surface area (Å²) in [6.07, 6.45) is 3.19. The van der Waals surface area contributed by atoms with Crippen LogP contribution >= 0.6 is 11.6 Å². The SMILES string of the molecule is CN=C(NCCCOCC1CCOCC1)N(C)CCOc1cccc(Cl)c1. The van der Waals surface area contributed by atoms with E-state index in [0.29, 0.717) is 17.5 Å². The van der Waals surface area contributed by atoms with Gasteiger partial charge in [0.1, 0.15) is 12.4 Å². The number of halogens is 1. The van der Waals surface area contributed by atoms with Gasteiger partial charge in [0.15, 0.2) is 5.96 Å². The van der Waals surface area contributed by atoms with Gasteiger partial charge in [-0.3, -0.25) is 4.99 Å². The largest absolute Gasteiger partial charge is 0.492 e. The van der Waals surface area contributed by atoms with Crippen molar-refractivity contribution < 1.29 is 14.2 Å². The van der Waals surface area contributed by atoms with Gasteiger partial charge in [0, 0.05) is 52.1 Å². The highest BCUT2D eigenvalue weighted by Crippen LogP contribution is 2.17. The number of likely N-dealkylation sites (N-methyl/N-ethyl adjacent to an activating group) is 1. The summed E-state index contributed by atoms with van der Waals surface area (Å²) >= 11 is 5.96. The van der Waals surface area contributed by atoms with Crippen LogP contribution in [0.15, 0.2) is 29.3 Å². The molecule has 0 saturated carbocycles. The fourth-order valence-corrected chi connectivity index (χ4v) is 3.07. The van der Waals surface area contributed by atoms with E-state index in [2.05, 4.69) is 10.3 Å². The minimum absolute atomic E-state index is 0.561. The number of ether oxygens (including phenoxy) is 3. The van der Waals surface area contributed by atoms with E-state index in [1.165, 1.54) is 0 Å². The monoisotopic (exact) mass is 397 g/mol. The Balaban J connectivity index is 1.54. The molecule has 0 radical (unpaired) electrons. The summed E-state index contributed by atoms with van der Waals surface area (Å²) in [5, 5.41) is 4.04. The number of hydrogen-bond acceptors (Lipinski definition) is 4. The van der Waals surface area contributed by atoms with Gasteiger partial charge in [0.2, 0.25) is 0 Å². The van der Waals surface area contributed by atoms with Crippen molar-refractivity contribution in [1.82, 2.24) is 10.2 Å². The first kappa shape index (κ1) is 21.8. The molecule has 6 nitrogen and oxygen atoms in total. The molecule has 7 heteroatoms. The standard InChI is InChI=1S/C20H32ClN3O3/c1-22-20(23-9-4-11-26-16-17-7-12-25-13-8-17)24(2)10-14-27-19-6-3-5-18(21)15-19/h3,5-6,15,17H,4,7-14,16H2,1-2H3,(H,22,23). The molecule has 1 aromatic carbocycles. The fourth-order valence-electron chi connectivity index (χ4n) is 2.89. The molecule has 0 spiro atoms. The normalized spacial score (nSPS) is 15.6. The maximum Gasteiger partial charge on any atom is 0.193 e.